The summed E-state index contributed by atoms with van der Waals surface area (Å²) in [5.41, 5.74) is 18.1. The molecule has 13 aromatic carbocycles. The van der Waals surface area contributed by atoms with E-state index in [0.29, 0.717) is 0 Å². The van der Waals surface area contributed by atoms with Gasteiger partial charge in [-0.1, -0.05) is 190 Å². The second-order valence-electron chi connectivity index (χ2n) is 20.8. The molecule has 15 rings (SSSR count). The zero-order valence-electron chi connectivity index (χ0n) is 42.2. The maximum Gasteiger partial charge on any atom is 0.135 e. The summed E-state index contributed by atoms with van der Waals surface area (Å²) in [6.07, 6.45) is 0. The number of para-hydroxylation sites is 3. The summed E-state index contributed by atoms with van der Waals surface area (Å²) in [4.78, 5) is 4.84. The lowest BCUT2D eigenvalue weighted by molar-refractivity contribution is 0.660. The molecule has 0 amide bonds. The Balaban J connectivity index is 0.876. The molecule has 3 nitrogen and oxygen atoms in total. The number of hydrogen-bond donors (Lipinski definition) is 0. The van der Waals surface area contributed by atoms with Gasteiger partial charge in [-0.05, 0) is 173 Å². The van der Waals surface area contributed by atoms with Crippen molar-refractivity contribution in [1.29, 1.82) is 0 Å². The minimum atomic E-state index is -0.293. The second kappa shape index (κ2) is 17.2. The Hall–Kier alpha value is -9.70. The molecule has 0 unspecified atom stereocenters. The van der Waals surface area contributed by atoms with Crippen molar-refractivity contribution >= 4 is 99.2 Å². The van der Waals surface area contributed by atoms with Gasteiger partial charge in [0, 0.05) is 50.0 Å². The van der Waals surface area contributed by atoms with Crippen molar-refractivity contribution in [3.05, 3.63) is 278 Å². The van der Waals surface area contributed by atoms with Gasteiger partial charge in [0.05, 0.1) is 5.69 Å². The van der Waals surface area contributed by atoms with Crippen LogP contribution in [-0.4, -0.2) is 0 Å². The van der Waals surface area contributed by atoms with Crippen LogP contribution in [0.5, 0.6) is 0 Å². The fourth-order valence-electron chi connectivity index (χ4n) is 12.5. The Bertz CT molecular complexity index is 4530. The van der Waals surface area contributed by atoms with E-state index >= 15 is 0 Å². The van der Waals surface area contributed by atoms with Gasteiger partial charge < -0.3 is 14.2 Å². The van der Waals surface area contributed by atoms with Crippen molar-refractivity contribution < 1.29 is 4.42 Å². The van der Waals surface area contributed by atoms with Crippen molar-refractivity contribution in [2.24, 2.45) is 0 Å². The molecule has 0 atom stereocenters. The minimum absolute atomic E-state index is 0.293. The van der Waals surface area contributed by atoms with Crippen molar-refractivity contribution in [3.63, 3.8) is 0 Å². The highest BCUT2D eigenvalue weighted by Crippen LogP contribution is 2.53. The van der Waals surface area contributed by atoms with Crippen molar-refractivity contribution in [2.45, 2.75) is 19.3 Å². The molecular formula is C73H50N2O. The van der Waals surface area contributed by atoms with E-state index in [1.165, 1.54) is 82.0 Å². The van der Waals surface area contributed by atoms with Crippen LogP contribution in [0.2, 0.25) is 0 Å². The van der Waals surface area contributed by atoms with Gasteiger partial charge in [-0.2, -0.15) is 0 Å². The van der Waals surface area contributed by atoms with Gasteiger partial charge in [0.2, 0.25) is 0 Å². The first kappa shape index (κ1) is 43.8. The average Bonchev–Trinajstić information content (AvgIpc) is 3.96. The van der Waals surface area contributed by atoms with Crippen molar-refractivity contribution in [3.8, 4) is 33.4 Å². The van der Waals surface area contributed by atoms with Gasteiger partial charge in [0.25, 0.3) is 0 Å². The first-order valence-electron chi connectivity index (χ1n) is 26.3. The second-order valence-corrected chi connectivity index (χ2v) is 20.8. The van der Waals surface area contributed by atoms with Crippen LogP contribution in [0.25, 0.3) is 98.4 Å². The molecule has 3 heteroatoms. The summed E-state index contributed by atoms with van der Waals surface area (Å²) >= 11 is 0. The molecule has 0 aliphatic heterocycles. The summed E-state index contributed by atoms with van der Waals surface area (Å²) in [5, 5.41) is 12.3. The topological polar surface area (TPSA) is 19.6 Å². The van der Waals surface area contributed by atoms with Crippen LogP contribution in [0, 0.1) is 0 Å². The molecule has 0 saturated carbocycles. The van der Waals surface area contributed by atoms with Gasteiger partial charge in [-0.3, -0.25) is 0 Å². The summed E-state index contributed by atoms with van der Waals surface area (Å²) in [6, 6.07) is 97.8. The maximum absolute atomic E-state index is 6.28. The van der Waals surface area contributed by atoms with Crippen LogP contribution < -0.4 is 9.80 Å². The predicted molar refractivity (Wildman–Crippen MR) is 322 cm³/mol. The van der Waals surface area contributed by atoms with Crippen LogP contribution in [-0.2, 0) is 5.41 Å². The molecule has 1 aromatic heterocycles. The first-order valence-corrected chi connectivity index (χ1v) is 26.3. The zero-order chi connectivity index (χ0) is 50.5. The number of rotatable bonds is 8. The normalized spacial score (nSPS) is 12.7. The molecule has 1 heterocycles. The largest absolute Gasteiger partial charge is 0.456 e. The SMILES string of the molecule is CC1(C)c2cc(N(c3ccccc3)c3ccccc3)ccc2-c2ccc(N(c3ccc(-c4ccc5c6ccccc6c6ccccc6c5c4)cc3)c3ccc(-c4ccc5oc6ccccc6c5c4)c4ccccc34)cc21. The molecule has 0 bridgehead atoms. The third-order valence-corrected chi connectivity index (χ3v) is 16.2. The third kappa shape index (κ3) is 6.90. The fourth-order valence-corrected chi connectivity index (χ4v) is 12.5. The molecule has 0 fully saturated rings. The molecule has 0 saturated heterocycles. The van der Waals surface area contributed by atoms with Gasteiger partial charge in [-0.25, -0.2) is 0 Å². The van der Waals surface area contributed by atoms with E-state index < -0.39 is 0 Å². The summed E-state index contributed by atoms with van der Waals surface area (Å²) in [7, 11) is 0. The van der Waals surface area contributed by atoms with Gasteiger partial charge >= 0.3 is 0 Å². The Kier molecular flexibility index (Phi) is 9.92. The van der Waals surface area contributed by atoms with Crippen LogP contribution in [0.3, 0.4) is 0 Å². The zero-order valence-corrected chi connectivity index (χ0v) is 42.2. The highest BCUT2D eigenvalue weighted by atomic mass is 16.3. The lowest BCUT2D eigenvalue weighted by Gasteiger charge is -2.30. The molecular weight excluding hydrogens is 921 g/mol. The van der Waals surface area contributed by atoms with Crippen LogP contribution in [0.1, 0.15) is 25.0 Å². The lowest BCUT2D eigenvalue weighted by Crippen LogP contribution is -2.17. The summed E-state index contributed by atoms with van der Waals surface area (Å²) in [6.45, 7) is 4.78. The Morgan fingerprint density at radius 1 is 0.263 bits per heavy atom. The quantitative estimate of drug-likeness (QED) is 0.142. The van der Waals surface area contributed by atoms with E-state index in [0.717, 1.165) is 61.6 Å². The third-order valence-electron chi connectivity index (χ3n) is 16.2. The van der Waals surface area contributed by atoms with Crippen molar-refractivity contribution in [2.75, 3.05) is 9.80 Å². The molecule has 0 radical (unpaired) electrons. The van der Waals surface area contributed by atoms with Crippen LogP contribution in [0.4, 0.5) is 34.1 Å². The smallest absolute Gasteiger partial charge is 0.135 e. The van der Waals surface area contributed by atoms with Crippen LogP contribution >= 0.6 is 0 Å². The Morgan fingerprint density at radius 2 is 0.697 bits per heavy atom. The number of hydrogen-bond acceptors (Lipinski definition) is 3. The summed E-state index contributed by atoms with van der Waals surface area (Å²) < 4.78 is 6.28. The van der Waals surface area contributed by atoms with E-state index in [2.05, 4.69) is 278 Å². The highest BCUT2D eigenvalue weighted by molar-refractivity contribution is 6.25. The highest BCUT2D eigenvalue weighted by Gasteiger charge is 2.37. The van der Waals surface area contributed by atoms with E-state index in [-0.39, 0.29) is 5.41 Å². The van der Waals surface area contributed by atoms with Gasteiger partial charge in [0.15, 0.2) is 0 Å². The van der Waals surface area contributed by atoms with Crippen molar-refractivity contribution in [1.82, 2.24) is 0 Å². The number of fused-ring (bicyclic) bond motifs is 13. The number of anilines is 6. The maximum atomic E-state index is 6.28. The van der Waals surface area contributed by atoms with E-state index in [4.69, 9.17) is 4.42 Å². The Morgan fingerprint density at radius 3 is 1.33 bits per heavy atom. The Labute approximate surface area is 441 Å². The van der Waals surface area contributed by atoms with E-state index in [1.807, 2.05) is 12.1 Å². The molecule has 0 N–H and O–H groups in total. The standard InChI is InChI=1S/C73H50N2O/c1-73(2)68-45-53(74(50-17-5-3-6-18-50)51-19-7-4-8-20-51)35-38-62(68)63-39-36-54(46-69(63)73)75(70-41-40-55(56-21-13-14-26-64(56)70)49-32-42-72-67(44-49)65-27-15-16-28-71(65)76-72)52-33-29-47(30-34-52)48-31-37-61-59-24-10-9-22-57(59)58-23-11-12-25-60(58)66(61)43-48/h3-46H,1-2H3. The van der Waals surface area contributed by atoms with Gasteiger partial charge in [0.1, 0.15) is 11.2 Å². The van der Waals surface area contributed by atoms with E-state index in [9.17, 15) is 0 Å². The minimum Gasteiger partial charge on any atom is -0.456 e. The monoisotopic (exact) mass is 970 g/mol. The van der Waals surface area contributed by atoms with E-state index in [1.54, 1.807) is 0 Å². The number of benzene rings is 13. The lowest BCUT2D eigenvalue weighted by atomic mass is 9.82. The molecule has 76 heavy (non-hydrogen) atoms. The first-order chi connectivity index (χ1) is 37.4. The number of furan rings is 1. The molecule has 358 valence electrons. The molecule has 1 aliphatic rings. The number of nitrogens with zero attached hydrogens (tertiary/aromatic N) is 2. The predicted octanol–water partition coefficient (Wildman–Crippen LogP) is 20.8. The molecule has 1 aliphatic carbocycles. The molecule has 14 aromatic rings. The average molecular weight is 971 g/mol. The van der Waals surface area contributed by atoms with Crippen LogP contribution in [0.15, 0.2) is 271 Å². The molecule has 0 spiro atoms. The fraction of sp³-hybridized carbons (Fsp3) is 0.0411. The van der Waals surface area contributed by atoms with Gasteiger partial charge in [-0.15, -0.1) is 0 Å². The summed E-state index contributed by atoms with van der Waals surface area (Å²) in [5.74, 6) is 0.